The Morgan fingerprint density at radius 2 is 2.18 bits per heavy atom. The van der Waals surface area contributed by atoms with Gasteiger partial charge in [0.2, 0.25) is 0 Å². The van der Waals surface area contributed by atoms with Gasteiger partial charge in [-0.1, -0.05) is 23.7 Å². The third-order valence-corrected chi connectivity index (χ3v) is 3.83. The number of aryl methyl sites for hydroxylation is 1. The standard InChI is InChI=1S/C14H21ClN2/c1-10-4-5-13(14(15)6-10)9-17-8-11(2)16-7-12(17)3/h4-6,11-12,16H,7-9H2,1-3H3. The molecule has 0 amide bonds. The SMILES string of the molecule is Cc1ccc(CN2CC(C)NCC2C)c(Cl)c1. The van der Waals surface area contributed by atoms with Crippen LogP contribution in [0, 0.1) is 6.92 Å². The summed E-state index contributed by atoms with van der Waals surface area (Å²) in [4.78, 5) is 2.50. The van der Waals surface area contributed by atoms with E-state index in [1.54, 1.807) is 0 Å². The lowest BCUT2D eigenvalue weighted by Crippen LogP contribution is -2.53. The second kappa shape index (κ2) is 5.38. The molecule has 1 heterocycles. The van der Waals surface area contributed by atoms with Crippen LogP contribution in [0.25, 0.3) is 0 Å². The zero-order chi connectivity index (χ0) is 12.4. The van der Waals surface area contributed by atoms with Crippen LogP contribution >= 0.6 is 11.6 Å². The van der Waals surface area contributed by atoms with Gasteiger partial charge in [-0.2, -0.15) is 0 Å². The van der Waals surface area contributed by atoms with Crippen LogP contribution in [-0.2, 0) is 6.54 Å². The summed E-state index contributed by atoms with van der Waals surface area (Å²) < 4.78 is 0. The molecule has 1 aliphatic rings. The summed E-state index contributed by atoms with van der Waals surface area (Å²) in [6, 6.07) is 7.47. The Morgan fingerprint density at radius 3 is 2.88 bits per heavy atom. The van der Waals surface area contributed by atoms with Crippen LogP contribution in [0.1, 0.15) is 25.0 Å². The van der Waals surface area contributed by atoms with Gasteiger partial charge >= 0.3 is 0 Å². The lowest BCUT2D eigenvalue weighted by molar-refractivity contribution is 0.139. The lowest BCUT2D eigenvalue weighted by atomic mass is 10.1. The van der Waals surface area contributed by atoms with Gasteiger partial charge in [-0.15, -0.1) is 0 Å². The van der Waals surface area contributed by atoms with Crippen molar-refractivity contribution < 1.29 is 0 Å². The van der Waals surface area contributed by atoms with Gasteiger partial charge in [0.05, 0.1) is 0 Å². The molecule has 2 atom stereocenters. The van der Waals surface area contributed by atoms with Crippen LogP contribution in [0.5, 0.6) is 0 Å². The van der Waals surface area contributed by atoms with Crippen LogP contribution in [-0.4, -0.2) is 30.1 Å². The average Bonchev–Trinajstić information content (AvgIpc) is 2.27. The van der Waals surface area contributed by atoms with Crippen molar-refractivity contribution in [1.29, 1.82) is 0 Å². The van der Waals surface area contributed by atoms with Gasteiger partial charge in [-0.05, 0) is 38.0 Å². The van der Waals surface area contributed by atoms with Crippen molar-refractivity contribution in [2.45, 2.75) is 39.4 Å². The van der Waals surface area contributed by atoms with E-state index in [9.17, 15) is 0 Å². The number of nitrogens with zero attached hydrogens (tertiary/aromatic N) is 1. The van der Waals surface area contributed by atoms with E-state index in [4.69, 9.17) is 11.6 Å². The molecular weight excluding hydrogens is 232 g/mol. The Bertz CT molecular complexity index is 392. The molecule has 2 rings (SSSR count). The van der Waals surface area contributed by atoms with Gasteiger partial charge < -0.3 is 5.32 Å². The van der Waals surface area contributed by atoms with E-state index >= 15 is 0 Å². The van der Waals surface area contributed by atoms with Crippen molar-refractivity contribution in [1.82, 2.24) is 10.2 Å². The first-order chi connectivity index (χ1) is 8.06. The number of rotatable bonds is 2. The van der Waals surface area contributed by atoms with E-state index < -0.39 is 0 Å². The van der Waals surface area contributed by atoms with Crippen molar-refractivity contribution in [3.8, 4) is 0 Å². The highest BCUT2D eigenvalue weighted by atomic mass is 35.5. The number of hydrogen-bond acceptors (Lipinski definition) is 2. The molecule has 0 bridgehead atoms. The third kappa shape index (κ3) is 3.21. The molecule has 94 valence electrons. The molecule has 0 saturated carbocycles. The topological polar surface area (TPSA) is 15.3 Å². The Labute approximate surface area is 109 Å². The Balaban J connectivity index is 2.08. The zero-order valence-electron chi connectivity index (χ0n) is 10.8. The van der Waals surface area contributed by atoms with E-state index in [-0.39, 0.29) is 0 Å². The maximum absolute atomic E-state index is 6.29. The molecule has 3 heteroatoms. The summed E-state index contributed by atoms with van der Waals surface area (Å²) >= 11 is 6.29. The van der Waals surface area contributed by atoms with Gasteiger partial charge in [0.1, 0.15) is 0 Å². The highest BCUT2D eigenvalue weighted by Gasteiger charge is 2.22. The van der Waals surface area contributed by atoms with Crippen LogP contribution in [0.2, 0.25) is 5.02 Å². The predicted molar refractivity (Wildman–Crippen MR) is 73.5 cm³/mol. The Morgan fingerprint density at radius 1 is 1.41 bits per heavy atom. The third-order valence-electron chi connectivity index (χ3n) is 3.48. The van der Waals surface area contributed by atoms with Crippen molar-refractivity contribution in [3.05, 3.63) is 34.3 Å². The first-order valence-electron chi connectivity index (χ1n) is 6.28. The molecule has 1 fully saturated rings. The first kappa shape index (κ1) is 12.9. The Kier molecular flexibility index (Phi) is 4.08. The molecular formula is C14H21ClN2. The van der Waals surface area contributed by atoms with Gasteiger partial charge in [-0.25, -0.2) is 0 Å². The molecule has 2 unspecified atom stereocenters. The average molecular weight is 253 g/mol. The smallest absolute Gasteiger partial charge is 0.0453 e. The Hall–Kier alpha value is -0.570. The van der Waals surface area contributed by atoms with E-state index in [1.807, 2.05) is 6.07 Å². The van der Waals surface area contributed by atoms with Crippen LogP contribution < -0.4 is 5.32 Å². The molecule has 2 nitrogen and oxygen atoms in total. The number of piperazine rings is 1. The van der Waals surface area contributed by atoms with Gasteiger partial charge in [0.15, 0.2) is 0 Å². The molecule has 1 saturated heterocycles. The first-order valence-corrected chi connectivity index (χ1v) is 6.66. The van der Waals surface area contributed by atoms with Crippen LogP contribution in [0.4, 0.5) is 0 Å². The molecule has 0 aliphatic carbocycles. The van der Waals surface area contributed by atoms with Crippen molar-refractivity contribution in [3.63, 3.8) is 0 Å². The fourth-order valence-corrected chi connectivity index (χ4v) is 2.61. The maximum Gasteiger partial charge on any atom is 0.0453 e. The molecule has 0 aromatic heterocycles. The molecule has 1 aromatic rings. The molecule has 1 aliphatic heterocycles. The summed E-state index contributed by atoms with van der Waals surface area (Å²) in [5.41, 5.74) is 2.46. The fourth-order valence-electron chi connectivity index (χ4n) is 2.32. The number of nitrogens with one attached hydrogen (secondary N) is 1. The zero-order valence-corrected chi connectivity index (χ0v) is 11.6. The van der Waals surface area contributed by atoms with E-state index in [0.717, 1.165) is 24.7 Å². The summed E-state index contributed by atoms with van der Waals surface area (Å²) in [7, 11) is 0. The molecule has 0 radical (unpaired) electrons. The highest BCUT2D eigenvalue weighted by molar-refractivity contribution is 6.31. The summed E-state index contributed by atoms with van der Waals surface area (Å²) in [5.74, 6) is 0. The quantitative estimate of drug-likeness (QED) is 0.871. The van der Waals surface area contributed by atoms with Crippen molar-refractivity contribution in [2.75, 3.05) is 13.1 Å². The van der Waals surface area contributed by atoms with Gasteiger partial charge in [-0.3, -0.25) is 4.90 Å². The van der Waals surface area contributed by atoms with E-state index in [2.05, 4.69) is 43.1 Å². The molecule has 1 N–H and O–H groups in total. The van der Waals surface area contributed by atoms with Crippen molar-refractivity contribution in [2.24, 2.45) is 0 Å². The van der Waals surface area contributed by atoms with Crippen LogP contribution in [0.15, 0.2) is 18.2 Å². The number of hydrogen-bond donors (Lipinski definition) is 1. The minimum atomic E-state index is 0.565. The van der Waals surface area contributed by atoms with Crippen molar-refractivity contribution >= 4 is 11.6 Å². The molecule has 0 spiro atoms. The molecule has 1 aromatic carbocycles. The summed E-state index contributed by atoms with van der Waals surface area (Å²) in [5, 5.41) is 4.39. The lowest BCUT2D eigenvalue weighted by Gasteiger charge is -2.37. The van der Waals surface area contributed by atoms with E-state index in [0.29, 0.717) is 12.1 Å². The normalized spacial score (nSPS) is 26.1. The predicted octanol–water partition coefficient (Wildman–Crippen LogP) is 2.83. The minimum absolute atomic E-state index is 0.565. The highest BCUT2D eigenvalue weighted by Crippen LogP contribution is 2.21. The summed E-state index contributed by atoms with van der Waals surface area (Å²) in [6.07, 6.45) is 0. The molecule has 17 heavy (non-hydrogen) atoms. The maximum atomic E-state index is 6.29. The number of benzene rings is 1. The minimum Gasteiger partial charge on any atom is -0.311 e. The second-order valence-corrected chi connectivity index (χ2v) is 5.59. The van der Waals surface area contributed by atoms with Crippen LogP contribution in [0.3, 0.4) is 0 Å². The fraction of sp³-hybridized carbons (Fsp3) is 0.571. The largest absolute Gasteiger partial charge is 0.311 e. The number of halogens is 1. The summed E-state index contributed by atoms with van der Waals surface area (Å²) in [6.45, 7) is 9.67. The van der Waals surface area contributed by atoms with E-state index in [1.165, 1.54) is 11.1 Å². The monoisotopic (exact) mass is 252 g/mol. The second-order valence-electron chi connectivity index (χ2n) is 5.18. The van der Waals surface area contributed by atoms with Gasteiger partial charge in [0, 0.05) is 36.7 Å². The van der Waals surface area contributed by atoms with Gasteiger partial charge in [0.25, 0.3) is 0 Å².